The molecule has 1 heterocycles. The maximum atomic E-state index is 4.79. The molecule has 0 aromatic carbocycles. The van der Waals surface area contributed by atoms with E-state index in [0.717, 1.165) is 0 Å². The molecule has 0 spiro atoms. The molecule has 0 saturated heterocycles. The molecular formula is C6H7N2O2. The van der Waals surface area contributed by atoms with Crippen molar-refractivity contribution in [1.82, 2.24) is 9.97 Å². The Bertz CT molecular complexity index is 195. The predicted molar refractivity (Wildman–Crippen MR) is 34.0 cm³/mol. The van der Waals surface area contributed by atoms with Gasteiger partial charge in [0.25, 0.3) is 0 Å². The van der Waals surface area contributed by atoms with E-state index in [1.165, 1.54) is 20.3 Å². The monoisotopic (exact) mass is 139 g/mol. The minimum Gasteiger partial charge on any atom is -0.481 e. The van der Waals surface area contributed by atoms with Crippen molar-refractivity contribution in [3.05, 3.63) is 12.3 Å². The van der Waals surface area contributed by atoms with Crippen molar-refractivity contribution in [2.24, 2.45) is 0 Å². The maximum Gasteiger partial charge on any atom is 0.320 e. The van der Waals surface area contributed by atoms with Gasteiger partial charge in [-0.25, -0.2) is 0 Å². The highest BCUT2D eigenvalue weighted by molar-refractivity contribution is 5.09. The van der Waals surface area contributed by atoms with Crippen LogP contribution in [0, 0.1) is 6.20 Å². The largest absolute Gasteiger partial charge is 0.481 e. The minimum absolute atomic E-state index is 0.263. The average molecular weight is 139 g/mol. The summed E-state index contributed by atoms with van der Waals surface area (Å²) in [5.74, 6) is 0.451. The third-order valence-electron chi connectivity index (χ3n) is 0.946. The molecule has 0 N–H and O–H groups in total. The zero-order valence-corrected chi connectivity index (χ0v) is 5.79. The molecule has 0 unspecified atom stereocenters. The van der Waals surface area contributed by atoms with Gasteiger partial charge in [0.2, 0.25) is 5.88 Å². The van der Waals surface area contributed by atoms with E-state index in [1.54, 1.807) is 0 Å². The van der Waals surface area contributed by atoms with Crippen LogP contribution < -0.4 is 9.47 Å². The van der Waals surface area contributed by atoms with Gasteiger partial charge in [-0.2, -0.15) is 9.97 Å². The van der Waals surface area contributed by atoms with Gasteiger partial charge in [0, 0.05) is 6.07 Å². The van der Waals surface area contributed by atoms with Gasteiger partial charge in [0.1, 0.15) is 6.20 Å². The number of ether oxygens (including phenoxy) is 2. The molecule has 53 valence electrons. The SMILES string of the molecule is COc1c[c]nc(OC)n1. The summed E-state index contributed by atoms with van der Waals surface area (Å²) in [7, 11) is 3.01. The minimum atomic E-state index is 0.263. The van der Waals surface area contributed by atoms with Crippen molar-refractivity contribution in [2.45, 2.75) is 0 Å². The van der Waals surface area contributed by atoms with E-state index in [4.69, 9.17) is 9.47 Å². The highest BCUT2D eigenvalue weighted by atomic mass is 16.5. The van der Waals surface area contributed by atoms with Crippen LogP contribution in [-0.2, 0) is 0 Å². The van der Waals surface area contributed by atoms with Crippen LogP contribution in [0.15, 0.2) is 6.07 Å². The first-order chi connectivity index (χ1) is 4.86. The Morgan fingerprint density at radius 2 is 2.20 bits per heavy atom. The van der Waals surface area contributed by atoms with Gasteiger partial charge >= 0.3 is 6.01 Å². The van der Waals surface area contributed by atoms with Crippen LogP contribution in [0.5, 0.6) is 11.9 Å². The fraction of sp³-hybridized carbons (Fsp3) is 0.333. The molecule has 1 rings (SSSR count). The zero-order valence-electron chi connectivity index (χ0n) is 5.79. The molecule has 1 aromatic heterocycles. The second kappa shape index (κ2) is 3.00. The highest BCUT2D eigenvalue weighted by Crippen LogP contribution is 2.07. The number of nitrogens with zero attached hydrogens (tertiary/aromatic N) is 2. The van der Waals surface area contributed by atoms with Crippen LogP contribution in [0.4, 0.5) is 0 Å². The van der Waals surface area contributed by atoms with Crippen molar-refractivity contribution < 1.29 is 9.47 Å². The molecule has 0 bridgehead atoms. The van der Waals surface area contributed by atoms with Crippen LogP contribution in [0.1, 0.15) is 0 Å². The van der Waals surface area contributed by atoms with E-state index in [0.29, 0.717) is 5.88 Å². The van der Waals surface area contributed by atoms with Crippen LogP contribution >= 0.6 is 0 Å². The second-order valence-corrected chi connectivity index (χ2v) is 1.53. The van der Waals surface area contributed by atoms with Crippen LogP contribution in [0.25, 0.3) is 0 Å². The fourth-order valence-electron chi connectivity index (χ4n) is 0.490. The summed E-state index contributed by atoms with van der Waals surface area (Å²) < 4.78 is 9.52. The van der Waals surface area contributed by atoms with Crippen molar-refractivity contribution in [2.75, 3.05) is 14.2 Å². The first-order valence-electron chi connectivity index (χ1n) is 2.70. The first-order valence-corrected chi connectivity index (χ1v) is 2.70. The van der Waals surface area contributed by atoms with Gasteiger partial charge in [0.15, 0.2) is 0 Å². The summed E-state index contributed by atoms with van der Waals surface area (Å²) in [6, 6.07) is 1.79. The Morgan fingerprint density at radius 1 is 1.40 bits per heavy atom. The summed E-state index contributed by atoms with van der Waals surface area (Å²) in [6.45, 7) is 0. The Hall–Kier alpha value is -1.32. The quantitative estimate of drug-likeness (QED) is 0.590. The fourth-order valence-corrected chi connectivity index (χ4v) is 0.490. The standard InChI is InChI=1S/C6H7N2O2/c1-9-5-3-4-7-6(8-5)10-2/h3H,1-2H3. The van der Waals surface area contributed by atoms with Gasteiger partial charge in [-0.1, -0.05) is 0 Å². The summed E-state index contributed by atoms with van der Waals surface area (Å²) in [5.41, 5.74) is 0. The van der Waals surface area contributed by atoms with Crippen LogP contribution in [-0.4, -0.2) is 24.2 Å². The lowest BCUT2D eigenvalue weighted by atomic mass is 10.6. The number of hydrogen-bond donors (Lipinski definition) is 0. The topological polar surface area (TPSA) is 44.2 Å². The molecule has 4 nitrogen and oxygen atoms in total. The van der Waals surface area contributed by atoms with Gasteiger partial charge in [-0.3, -0.25) is 0 Å². The molecule has 0 aliphatic carbocycles. The van der Waals surface area contributed by atoms with Crippen molar-refractivity contribution in [3.8, 4) is 11.9 Å². The second-order valence-electron chi connectivity index (χ2n) is 1.53. The van der Waals surface area contributed by atoms with E-state index in [9.17, 15) is 0 Å². The highest BCUT2D eigenvalue weighted by Gasteiger charge is 1.95. The lowest BCUT2D eigenvalue weighted by Gasteiger charge is -1.98. The molecule has 0 saturated carbocycles. The van der Waals surface area contributed by atoms with Gasteiger partial charge < -0.3 is 9.47 Å². The van der Waals surface area contributed by atoms with E-state index < -0.39 is 0 Å². The van der Waals surface area contributed by atoms with Crippen molar-refractivity contribution in [3.63, 3.8) is 0 Å². The van der Waals surface area contributed by atoms with Crippen molar-refractivity contribution >= 4 is 0 Å². The first kappa shape index (κ1) is 6.80. The Labute approximate surface area is 58.8 Å². The number of rotatable bonds is 2. The third kappa shape index (κ3) is 1.34. The normalized spacial score (nSPS) is 9.00. The van der Waals surface area contributed by atoms with Crippen LogP contribution in [0.3, 0.4) is 0 Å². The molecule has 0 fully saturated rings. The third-order valence-corrected chi connectivity index (χ3v) is 0.946. The Kier molecular flexibility index (Phi) is 2.04. The Morgan fingerprint density at radius 3 is 2.80 bits per heavy atom. The average Bonchev–Trinajstić information content (AvgIpc) is 2.05. The zero-order chi connectivity index (χ0) is 7.40. The van der Waals surface area contributed by atoms with Crippen LogP contribution in [0.2, 0.25) is 0 Å². The summed E-state index contributed by atoms with van der Waals surface area (Å²) in [5, 5.41) is 0. The molecule has 4 heteroatoms. The van der Waals surface area contributed by atoms with Gasteiger partial charge in [-0.05, 0) is 0 Å². The van der Waals surface area contributed by atoms with E-state index in [1.807, 2.05) is 0 Å². The van der Waals surface area contributed by atoms with E-state index in [2.05, 4.69) is 16.2 Å². The lowest BCUT2D eigenvalue weighted by Crippen LogP contribution is -1.93. The molecule has 0 atom stereocenters. The lowest BCUT2D eigenvalue weighted by molar-refractivity contribution is 0.351. The Balaban J connectivity index is 2.87. The summed E-state index contributed by atoms with van der Waals surface area (Å²) in [6.07, 6.45) is 2.57. The molecule has 0 aliphatic rings. The molecular weight excluding hydrogens is 132 g/mol. The van der Waals surface area contributed by atoms with E-state index in [-0.39, 0.29) is 6.01 Å². The summed E-state index contributed by atoms with van der Waals surface area (Å²) >= 11 is 0. The van der Waals surface area contributed by atoms with Crippen molar-refractivity contribution in [1.29, 1.82) is 0 Å². The summed E-state index contributed by atoms with van der Waals surface area (Å²) in [4.78, 5) is 7.49. The molecule has 0 aliphatic heterocycles. The maximum absolute atomic E-state index is 4.79. The number of methoxy groups -OCH3 is 2. The molecule has 1 radical (unpaired) electrons. The predicted octanol–water partition coefficient (Wildman–Crippen LogP) is 0.294. The number of hydrogen-bond acceptors (Lipinski definition) is 4. The smallest absolute Gasteiger partial charge is 0.320 e. The molecule has 0 amide bonds. The molecule has 10 heavy (non-hydrogen) atoms. The van der Waals surface area contributed by atoms with Gasteiger partial charge in [0.05, 0.1) is 14.2 Å². The number of aromatic nitrogens is 2. The molecule has 1 aromatic rings. The van der Waals surface area contributed by atoms with E-state index >= 15 is 0 Å². The van der Waals surface area contributed by atoms with Gasteiger partial charge in [-0.15, -0.1) is 0 Å².